The molecule has 0 bridgehead atoms. The van der Waals surface area contributed by atoms with E-state index in [-0.39, 0.29) is 23.0 Å². The number of hydrogen-bond acceptors (Lipinski definition) is 4. The number of aromatic nitrogens is 1. The average molecular weight is 372 g/mol. The summed E-state index contributed by atoms with van der Waals surface area (Å²) in [5, 5.41) is 9.71. The predicted molar refractivity (Wildman–Crippen MR) is 93.0 cm³/mol. The Labute approximate surface area is 141 Å². The maximum atomic E-state index is 11.7. The summed E-state index contributed by atoms with van der Waals surface area (Å²) in [4.78, 5) is 16.1. The van der Waals surface area contributed by atoms with Crippen molar-refractivity contribution < 1.29 is 14.3 Å². The van der Waals surface area contributed by atoms with E-state index >= 15 is 0 Å². The van der Waals surface area contributed by atoms with Crippen LogP contribution in [0.1, 0.15) is 19.7 Å². The molecule has 4 nitrogen and oxygen atoms in total. The largest absolute Gasteiger partial charge is 0.512 e. The summed E-state index contributed by atoms with van der Waals surface area (Å²) < 4.78 is 6.42. The minimum atomic E-state index is -0.295. The number of carbonyl (C=O) groups is 1. The maximum absolute atomic E-state index is 11.7. The van der Waals surface area contributed by atoms with Crippen molar-refractivity contribution in [1.29, 1.82) is 0 Å². The zero-order valence-corrected chi connectivity index (χ0v) is 14.2. The Balaban J connectivity index is 2.20. The lowest BCUT2D eigenvalue weighted by atomic mass is 10.1. The van der Waals surface area contributed by atoms with Crippen LogP contribution >= 0.6 is 15.9 Å². The molecule has 116 valence electrons. The number of allylic oxidation sites excluding steroid dienone is 2. The fourth-order valence-electron chi connectivity index (χ4n) is 2.46. The number of fused-ring (bicyclic) bond motifs is 1. The highest BCUT2D eigenvalue weighted by Crippen LogP contribution is 2.33. The average Bonchev–Trinajstić information content (AvgIpc) is 2.91. The second-order valence-corrected chi connectivity index (χ2v) is 6.06. The minimum Gasteiger partial charge on any atom is -0.512 e. The van der Waals surface area contributed by atoms with Crippen molar-refractivity contribution in [3.05, 3.63) is 58.6 Å². The molecule has 0 unspecified atom stereocenters. The van der Waals surface area contributed by atoms with Crippen LogP contribution in [0.2, 0.25) is 0 Å². The van der Waals surface area contributed by atoms with Crippen LogP contribution in [-0.2, 0) is 4.79 Å². The Hall–Kier alpha value is -2.40. The monoisotopic (exact) mass is 371 g/mol. The van der Waals surface area contributed by atoms with Gasteiger partial charge in [-0.15, -0.1) is 0 Å². The number of oxazole rings is 1. The molecule has 5 heteroatoms. The molecule has 0 aliphatic rings. The topological polar surface area (TPSA) is 63.3 Å². The molecule has 0 saturated heterocycles. The number of carbonyl (C=O) groups excluding carboxylic acids is 1. The van der Waals surface area contributed by atoms with Crippen LogP contribution in [0.15, 0.2) is 57.1 Å². The molecule has 3 rings (SSSR count). The quantitative estimate of drug-likeness (QED) is 0.511. The third kappa shape index (κ3) is 2.92. The van der Waals surface area contributed by atoms with Crippen LogP contribution in [0, 0.1) is 0 Å². The summed E-state index contributed by atoms with van der Waals surface area (Å²) in [5.41, 5.74) is 3.29. The molecule has 0 spiro atoms. The van der Waals surface area contributed by atoms with E-state index in [1.54, 1.807) is 0 Å². The Morgan fingerprint density at radius 1 is 1.13 bits per heavy atom. The molecule has 0 amide bonds. The van der Waals surface area contributed by atoms with E-state index in [4.69, 9.17) is 4.42 Å². The maximum Gasteiger partial charge on any atom is 0.234 e. The highest BCUT2D eigenvalue weighted by Gasteiger charge is 2.19. The first-order valence-corrected chi connectivity index (χ1v) is 7.83. The molecular formula is C18H14BrNO3. The molecular weight excluding hydrogens is 358 g/mol. The van der Waals surface area contributed by atoms with Gasteiger partial charge < -0.3 is 9.52 Å². The first-order chi connectivity index (χ1) is 11.0. The van der Waals surface area contributed by atoms with Gasteiger partial charge in [0.25, 0.3) is 0 Å². The van der Waals surface area contributed by atoms with Crippen molar-refractivity contribution in [1.82, 2.24) is 4.98 Å². The Kier molecular flexibility index (Phi) is 4.05. The molecule has 1 aromatic heterocycles. The molecule has 0 atom stereocenters. The number of benzene rings is 2. The van der Waals surface area contributed by atoms with E-state index in [0.717, 1.165) is 15.6 Å². The molecule has 0 fully saturated rings. The van der Waals surface area contributed by atoms with Gasteiger partial charge in [-0.25, -0.2) is 4.98 Å². The summed E-state index contributed by atoms with van der Waals surface area (Å²) in [6.45, 7) is 2.81. The van der Waals surface area contributed by atoms with Gasteiger partial charge in [-0.05, 0) is 53.0 Å². The molecule has 0 saturated carbocycles. The Morgan fingerprint density at radius 3 is 2.43 bits per heavy atom. The van der Waals surface area contributed by atoms with E-state index < -0.39 is 0 Å². The van der Waals surface area contributed by atoms with Gasteiger partial charge in [0.15, 0.2) is 11.4 Å². The van der Waals surface area contributed by atoms with Gasteiger partial charge in [0.2, 0.25) is 5.89 Å². The molecule has 1 N–H and O–H groups in total. The summed E-state index contributed by atoms with van der Waals surface area (Å²) in [7, 11) is 0. The minimum absolute atomic E-state index is 0.0920. The lowest BCUT2D eigenvalue weighted by Gasteiger charge is -2.02. The van der Waals surface area contributed by atoms with Crippen LogP contribution in [0.5, 0.6) is 0 Å². The fourth-order valence-corrected chi connectivity index (χ4v) is 2.99. The number of hydrogen-bond donors (Lipinski definition) is 1. The van der Waals surface area contributed by atoms with Crippen molar-refractivity contribution >= 4 is 38.4 Å². The summed E-state index contributed by atoms with van der Waals surface area (Å²) in [6, 6.07) is 13.7. The number of aliphatic hydroxyl groups is 1. The van der Waals surface area contributed by atoms with Gasteiger partial charge in [-0.1, -0.05) is 30.3 Å². The zero-order valence-electron chi connectivity index (χ0n) is 12.6. The van der Waals surface area contributed by atoms with Crippen molar-refractivity contribution in [2.45, 2.75) is 13.8 Å². The molecule has 1 heterocycles. The standard InChI is InChI=1S/C18H14BrNO3/c1-10(21)16(11(2)22)18-20-15-9-13(8-14(19)17(15)23-18)12-6-4-3-5-7-12/h3-9,21H,1-2H3. The van der Waals surface area contributed by atoms with Crippen LogP contribution in [0.3, 0.4) is 0 Å². The second kappa shape index (κ2) is 6.01. The summed E-state index contributed by atoms with van der Waals surface area (Å²) in [5.74, 6) is -0.280. The lowest BCUT2D eigenvalue weighted by molar-refractivity contribution is -0.112. The van der Waals surface area contributed by atoms with Crippen LogP contribution in [0.4, 0.5) is 0 Å². The highest BCUT2D eigenvalue weighted by atomic mass is 79.9. The van der Waals surface area contributed by atoms with Crippen molar-refractivity contribution in [3.63, 3.8) is 0 Å². The summed E-state index contributed by atoms with van der Waals surface area (Å²) >= 11 is 3.48. The third-order valence-corrected chi connectivity index (χ3v) is 4.07. The van der Waals surface area contributed by atoms with E-state index in [0.29, 0.717) is 11.1 Å². The number of nitrogens with zero attached hydrogens (tertiary/aromatic N) is 1. The van der Waals surface area contributed by atoms with E-state index in [9.17, 15) is 9.90 Å². The van der Waals surface area contributed by atoms with Gasteiger partial charge >= 0.3 is 0 Å². The number of aliphatic hydroxyl groups excluding tert-OH is 1. The Morgan fingerprint density at radius 2 is 1.83 bits per heavy atom. The second-order valence-electron chi connectivity index (χ2n) is 5.21. The molecule has 3 aromatic rings. The van der Waals surface area contributed by atoms with Crippen molar-refractivity contribution in [2.24, 2.45) is 0 Å². The molecule has 0 radical (unpaired) electrons. The third-order valence-electron chi connectivity index (χ3n) is 3.48. The fraction of sp³-hybridized carbons (Fsp3) is 0.111. The van der Waals surface area contributed by atoms with Gasteiger partial charge in [0, 0.05) is 0 Å². The van der Waals surface area contributed by atoms with Crippen molar-refractivity contribution in [2.75, 3.05) is 0 Å². The number of ketones is 1. The summed E-state index contributed by atoms with van der Waals surface area (Å²) in [6.07, 6.45) is 0. The lowest BCUT2D eigenvalue weighted by Crippen LogP contribution is -1.99. The van der Waals surface area contributed by atoms with Crippen LogP contribution in [-0.4, -0.2) is 15.9 Å². The first kappa shape index (κ1) is 15.5. The van der Waals surface area contributed by atoms with Gasteiger partial charge in [-0.2, -0.15) is 0 Å². The number of rotatable bonds is 3. The first-order valence-electron chi connectivity index (χ1n) is 7.04. The number of halogens is 1. The van der Waals surface area contributed by atoms with Gasteiger partial charge in [-0.3, -0.25) is 4.79 Å². The van der Waals surface area contributed by atoms with E-state index in [2.05, 4.69) is 20.9 Å². The van der Waals surface area contributed by atoms with Crippen LogP contribution in [0.25, 0.3) is 27.8 Å². The molecule has 23 heavy (non-hydrogen) atoms. The highest BCUT2D eigenvalue weighted by molar-refractivity contribution is 9.10. The Bertz CT molecular complexity index is 922. The van der Waals surface area contributed by atoms with Gasteiger partial charge in [0.05, 0.1) is 4.47 Å². The van der Waals surface area contributed by atoms with Gasteiger partial charge in [0.1, 0.15) is 16.8 Å². The van der Waals surface area contributed by atoms with E-state index in [1.165, 1.54) is 13.8 Å². The molecule has 0 aliphatic heterocycles. The van der Waals surface area contributed by atoms with Crippen molar-refractivity contribution in [3.8, 4) is 11.1 Å². The normalized spacial score (nSPS) is 12.3. The smallest absolute Gasteiger partial charge is 0.234 e. The predicted octanol–water partition coefficient (Wildman–Crippen LogP) is 5.14. The molecule has 0 aliphatic carbocycles. The SMILES string of the molecule is CC(=O)C(=C(C)O)c1nc2cc(-c3ccccc3)cc(Br)c2o1. The van der Waals surface area contributed by atoms with E-state index in [1.807, 2.05) is 42.5 Å². The molecule has 2 aromatic carbocycles. The van der Waals surface area contributed by atoms with Crippen LogP contribution < -0.4 is 0 Å². The number of Topliss-reactive ketones (excluding diaryl/α,β-unsaturated/α-hetero) is 1. The zero-order chi connectivity index (χ0) is 16.6.